The average Bonchev–Trinajstić information content (AvgIpc) is 2.61. The van der Waals surface area contributed by atoms with E-state index < -0.39 is 0 Å². The van der Waals surface area contributed by atoms with Gasteiger partial charge in [0.1, 0.15) is 0 Å². The molecule has 2 aromatic rings. The summed E-state index contributed by atoms with van der Waals surface area (Å²) in [6.45, 7) is 10.5. The van der Waals surface area contributed by atoms with Gasteiger partial charge in [0.2, 0.25) is 5.91 Å². The first-order valence-electron chi connectivity index (χ1n) is 9.03. The molecule has 1 amide bonds. The summed E-state index contributed by atoms with van der Waals surface area (Å²) in [5, 5.41) is 3.00. The van der Waals surface area contributed by atoms with Gasteiger partial charge in [0.05, 0.1) is 12.2 Å². The SMILES string of the molecule is Cc1ccc(NC(=O)CN2CCN(c3cccc(C)c3C)CC2)c(Br)c1. The molecule has 1 saturated heterocycles. The Morgan fingerprint density at radius 2 is 1.81 bits per heavy atom. The number of hydrogen-bond donors (Lipinski definition) is 1. The number of piperazine rings is 1. The summed E-state index contributed by atoms with van der Waals surface area (Å²) in [5.41, 5.74) is 5.99. The van der Waals surface area contributed by atoms with E-state index in [9.17, 15) is 4.79 Å². The lowest BCUT2D eigenvalue weighted by Gasteiger charge is -2.36. The maximum absolute atomic E-state index is 12.4. The highest BCUT2D eigenvalue weighted by Crippen LogP contribution is 2.25. The Bertz CT molecular complexity index is 798. The van der Waals surface area contributed by atoms with Gasteiger partial charge < -0.3 is 10.2 Å². The molecule has 5 heteroatoms. The molecule has 0 aliphatic carbocycles. The number of carbonyl (C=O) groups excluding carboxylic acids is 1. The summed E-state index contributed by atoms with van der Waals surface area (Å²) < 4.78 is 0.922. The molecule has 3 rings (SSSR count). The first-order chi connectivity index (χ1) is 12.4. The van der Waals surface area contributed by atoms with E-state index in [0.717, 1.165) is 41.9 Å². The first kappa shape index (κ1) is 18.9. The molecule has 0 atom stereocenters. The van der Waals surface area contributed by atoms with Crippen LogP contribution in [-0.4, -0.2) is 43.5 Å². The quantitative estimate of drug-likeness (QED) is 0.814. The number of nitrogens with one attached hydrogen (secondary N) is 1. The molecule has 0 unspecified atom stereocenters. The molecular formula is C21H26BrN3O. The van der Waals surface area contributed by atoms with Gasteiger partial charge in [-0.3, -0.25) is 9.69 Å². The number of nitrogens with zero attached hydrogens (tertiary/aromatic N) is 2. The highest BCUT2D eigenvalue weighted by Gasteiger charge is 2.20. The third-order valence-electron chi connectivity index (χ3n) is 5.05. The van der Waals surface area contributed by atoms with Crippen LogP contribution in [0.5, 0.6) is 0 Å². The van der Waals surface area contributed by atoms with Crippen molar-refractivity contribution in [2.45, 2.75) is 20.8 Å². The number of amides is 1. The summed E-state index contributed by atoms with van der Waals surface area (Å²) in [4.78, 5) is 17.0. The lowest BCUT2D eigenvalue weighted by atomic mass is 10.1. The van der Waals surface area contributed by atoms with Crippen LogP contribution < -0.4 is 10.2 Å². The molecule has 1 heterocycles. The predicted molar refractivity (Wildman–Crippen MR) is 112 cm³/mol. The van der Waals surface area contributed by atoms with E-state index in [1.165, 1.54) is 16.8 Å². The van der Waals surface area contributed by atoms with Crippen molar-refractivity contribution in [1.82, 2.24) is 4.90 Å². The topological polar surface area (TPSA) is 35.6 Å². The molecule has 1 fully saturated rings. The molecule has 0 spiro atoms. The van der Waals surface area contributed by atoms with Gasteiger partial charge in [-0.15, -0.1) is 0 Å². The Morgan fingerprint density at radius 1 is 1.08 bits per heavy atom. The molecule has 1 aliphatic rings. The molecule has 0 aromatic heterocycles. The molecule has 1 N–H and O–H groups in total. The van der Waals surface area contributed by atoms with Crippen molar-refractivity contribution >= 4 is 33.2 Å². The van der Waals surface area contributed by atoms with Gasteiger partial charge in [0.15, 0.2) is 0 Å². The number of rotatable bonds is 4. The third-order valence-corrected chi connectivity index (χ3v) is 5.71. The van der Waals surface area contributed by atoms with Crippen molar-refractivity contribution in [3.05, 3.63) is 57.6 Å². The molecule has 1 aliphatic heterocycles. The fourth-order valence-electron chi connectivity index (χ4n) is 3.34. The van der Waals surface area contributed by atoms with Crippen molar-refractivity contribution in [3.8, 4) is 0 Å². The number of anilines is 2. The average molecular weight is 416 g/mol. The standard InChI is InChI=1S/C21H26BrN3O/c1-15-7-8-19(18(22)13-15)23-21(26)14-24-9-11-25(12-10-24)20-6-4-5-16(2)17(20)3/h4-8,13H,9-12,14H2,1-3H3,(H,23,26). The Hall–Kier alpha value is -1.85. The second-order valence-electron chi connectivity index (χ2n) is 7.01. The Labute approximate surface area is 164 Å². The monoisotopic (exact) mass is 415 g/mol. The number of benzene rings is 2. The minimum Gasteiger partial charge on any atom is -0.369 e. The Balaban J connectivity index is 1.53. The highest BCUT2D eigenvalue weighted by atomic mass is 79.9. The van der Waals surface area contributed by atoms with Gasteiger partial charge in [0, 0.05) is 36.3 Å². The van der Waals surface area contributed by atoms with Crippen LogP contribution in [0.4, 0.5) is 11.4 Å². The summed E-state index contributed by atoms with van der Waals surface area (Å²) in [6, 6.07) is 12.4. The van der Waals surface area contributed by atoms with Crippen LogP contribution in [0.2, 0.25) is 0 Å². The van der Waals surface area contributed by atoms with Crippen LogP contribution in [-0.2, 0) is 4.79 Å². The van der Waals surface area contributed by atoms with Crippen molar-refractivity contribution in [1.29, 1.82) is 0 Å². The fraction of sp³-hybridized carbons (Fsp3) is 0.381. The Kier molecular flexibility index (Phi) is 5.99. The van der Waals surface area contributed by atoms with Gasteiger partial charge in [-0.1, -0.05) is 18.2 Å². The van der Waals surface area contributed by atoms with Crippen LogP contribution in [0.15, 0.2) is 40.9 Å². The molecule has 4 nitrogen and oxygen atoms in total. The summed E-state index contributed by atoms with van der Waals surface area (Å²) >= 11 is 3.51. The van der Waals surface area contributed by atoms with Gasteiger partial charge in [-0.05, 0) is 71.6 Å². The second kappa shape index (κ2) is 8.23. The minimum atomic E-state index is 0.0368. The molecule has 26 heavy (non-hydrogen) atoms. The zero-order valence-corrected chi connectivity index (χ0v) is 17.3. The molecule has 0 radical (unpaired) electrons. The first-order valence-corrected chi connectivity index (χ1v) is 9.83. The number of halogens is 1. The van der Waals surface area contributed by atoms with Gasteiger partial charge in [0.25, 0.3) is 0 Å². The highest BCUT2D eigenvalue weighted by molar-refractivity contribution is 9.10. The second-order valence-corrected chi connectivity index (χ2v) is 7.87. The smallest absolute Gasteiger partial charge is 0.238 e. The molecule has 0 bridgehead atoms. The zero-order valence-electron chi connectivity index (χ0n) is 15.7. The van der Waals surface area contributed by atoms with E-state index >= 15 is 0 Å². The van der Waals surface area contributed by atoms with Crippen molar-refractivity contribution < 1.29 is 4.79 Å². The van der Waals surface area contributed by atoms with Crippen LogP contribution in [0.3, 0.4) is 0 Å². The van der Waals surface area contributed by atoms with E-state index in [4.69, 9.17) is 0 Å². The zero-order chi connectivity index (χ0) is 18.7. The van der Waals surface area contributed by atoms with Crippen molar-refractivity contribution in [2.24, 2.45) is 0 Å². The number of aryl methyl sites for hydroxylation is 2. The lowest BCUT2D eigenvalue weighted by molar-refractivity contribution is -0.117. The lowest BCUT2D eigenvalue weighted by Crippen LogP contribution is -2.48. The normalized spacial score (nSPS) is 15.2. The van der Waals surface area contributed by atoms with E-state index in [-0.39, 0.29) is 5.91 Å². The number of carbonyl (C=O) groups is 1. The van der Waals surface area contributed by atoms with Crippen molar-refractivity contribution in [3.63, 3.8) is 0 Å². The van der Waals surface area contributed by atoms with E-state index in [1.807, 2.05) is 25.1 Å². The summed E-state index contributed by atoms with van der Waals surface area (Å²) in [5.74, 6) is 0.0368. The molecular weight excluding hydrogens is 390 g/mol. The summed E-state index contributed by atoms with van der Waals surface area (Å²) in [7, 11) is 0. The third kappa shape index (κ3) is 4.46. The maximum Gasteiger partial charge on any atom is 0.238 e. The van der Waals surface area contributed by atoms with Crippen LogP contribution >= 0.6 is 15.9 Å². The van der Waals surface area contributed by atoms with E-state index in [2.05, 4.69) is 63.1 Å². The molecule has 0 saturated carbocycles. The fourth-order valence-corrected chi connectivity index (χ4v) is 3.93. The maximum atomic E-state index is 12.4. The van der Waals surface area contributed by atoms with Crippen molar-refractivity contribution in [2.75, 3.05) is 42.9 Å². The van der Waals surface area contributed by atoms with Gasteiger partial charge in [-0.2, -0.15) is 0 Å². The molecule has 138 valence electrons. The van der Waals surface area contributed by atoms with Crippen LogP contribution in [0.1, 0.15) is 16.7 Å². The van der Waals surface area contributed by atoms with Gasteiger partial charge in [-0.25, -0.2) is 0 Å². The number of hydrogen-bond acceptors (Lipinski definition) is 3. The minimum absolute atomic E-state index is 0.0368. The van der Waals surface area contributed by atoms with Gasteiger partial charge >= 0.3 is 0 Å². The van der Waals surface area contributed by atoms with E-state index in [1.54, 1.807) is 0 Å². The molecule has 2 aromatic carbocycles. The predicted octanol–water partition coefficient (Wildman–Crippen LogP) is 4.14. The van der Waals surface area contributed by atoms with Crippen LogP contribution in [0.25, 0.3) is 0 Å². The largest absolute Gasteiger partial charge is 0.369 e. The van der Waals surface area contributed by atoms with Crippen LogP contribution in [0, 0.1) is 20.8 Å². The summed E-state index contributed by atoms with van der Waals surface area (Å²) in [6.07, 6.45) is 0. The Morgan fingerprint density at radius 3 is 2.50 bits per heavy atom. The van der Waals surface area contributed by atoms with E-state index in [0.29, 0.717) is 6.54 Å².